The van der Waals surface area contributed by atoms with Gasteiger partial charge in [0.25, 0.3) is 0 Å². The summed E-state index contributed by atoms with van der Waals surface area (Å²) >= 11 is 0. The highest BCUT2D eigenvalue weighted by Crippen LogP contribution is 2.19. The zero-order chi connectivity index (χ0) is 14.3. The van der Waals surface area contributed by atoms with Crippen molar-refractivity contribution in [3.05, 3.63) is 25.4 Å². The van der Waals surface area contributed by atoms with Gasteiger partial charge in [0, 0.05) is 30.9 Å². The molecule has 106 valence electrons. The van der Waals surface area contributed by atoms with Crippen LogP contribution in [0.15, 0.2) is 30.4 Å². The molecule has 1 aliphatic heterocycles. The van der Waals surface area contributed by atoms with Gasteiger partial charge in [0.15, 0.2) is 0 Å². The summed E-state index contributed by atoms with van der Waals surface area (Å²) in [5, 5.41) is 0. The molecule has 1 rings (SSSR count). The molecule has 0 spiro atoms. The molecular weight excluding hydrogens is 240 g/mol. The first-order valence-electron chi connectivity index (χ1n) is 6.78. The predicted octanol–water partition coefficient (Wildman–Crippen LogP) is 2.42. The minimum Gasteiger partial charge on any atom is -0.369 e. The molecule has 1 amide bonds. The Morgan fingerprint density at radius 3 is 2.84 bits per heavy atom. The summed E-state index contributed by atoms with van der Waals surface area (Å²) in [5.74, 6) is 0.313. The van der Waals surface area contributed by atoms with Crippen LogP contribution in [0.5, 0.6) is 0 Å². The number of allylic oxidation sites excluding steroid dienone is 1. The first-order valence-corrected chi connectivity index (χ1v) is 6.78. The normalized spacial score (nSPS) is 20.5. The van der Waals surface area contributed by atoms with Crippen LogP contribution in [0, 0.1) is 5.92 Å². The molecule has 0 aliphatic carbocycles. The average molecular weight is 264 g/mol. The molecule has 0 N–H and O–H groups in total. The van der Waals surface area contributed by atoms with Crippen molar-refractivity contribution < 1.29 is 9.53 Å². The predicted molar refractivity (Wildman–Crippen MR) is 78.2 cm³/mol. The minimum absolute atomic E-state index is 0.0559. The fourth-order valence-electron chi connectivity index (χ4n) is 2.20. The largest absolute Gasteiger partial charge is 0.369 e. The molecule has 4 heteroatoms. The molecule has 1 fully saturated rings. The molecule has 1 atom stereocenters. The fraction of sp³-hybridized carbons (Fsp3) is 0.600. The van der Waals surface area contributed by atoms with Crippen LogP contribution in [0.2, 0.25) is 0 Å². The summed E-state index contributed by atoms with van der Waals surface area (Å²) in [4.78, 5) is 18.1. The van der Waals surface area contributed by atoms with Crippen LogP contribution < -0.4 is 0 Å². The number of hydrogen-bond acceptors (Lipinski definition) is 3. The average Bonchev–Trinajstić information content (AvgIpc) is 2.42. The van der Waals surface area contributed by atoms with Gasteiger partial charge in [-0.3, -0.25) is 9.79 Å². The van der Waals surface area contributed by atoms with E-state index < -0.39 is 0 Å². The first kappa shape index (κ1) is 15.6. The second kappa shape index (κ2) is 7.89. The first-order chi connectivity index (χ1) is 9.08. The molecule has 1 saturated heterocycles. The zero-order valence-electron chi connectivity index (χ0n) is 12.0. The molecule has 19 heavy (non-hydrogen) atoms. The number of aliphatic imine (C=N–C) groups is 1. The molecule has 1 aliphatic rings. The zero-order valence-corrected chi connectivity index (χ0v) is 12.0. The summed E-state index contributed by atoms with van der Waals surface area (Å²) in [6.07, 6.45) is 5.39. The third kappa shape index (κ3) is 4.99. The van der Waals surface area contributed by atoms with E-state index in [1.54, 1.807) is 6.08 Å². The van der Waals surface area contributed by atoms with Gasteiger partial charge >= 0.3 is 0 Å². The van der Waals surface area contributed by atoms with E-state index in [0.717, 1.165) is 25.1 Å². The number of carbonyl (C=O) groups is 1. The van der Waals surface area contributed by atoms with Gasteiger partial charge in [-0.2, -0.15) is 0 Å². The van der Waals surface area contributed by atoms with Crippen LogP contribution in [-0.2, 0) is 9.53 Å². The van der Waals surface area contributed by atoms with Crippen molar-refractivity contribution in [2.45, 2.75) is 32.8 Å². The number of hydrogen-bond donors (Lipinski definition) is 0. The molecule has 4 nitrogen and oxygen atoms in total. The third-order valence-electron chi connectivity index (χ3n) is 3.18. The number of likely N-dealkylation sites (tertiary alicyclic amines) is 1. The summed E-state index contributed by atoms with van der Waals surface area (Å²) in [6.45, 7) is 12.9. The van der Waals surface area contributed by atoms with Gasteiger partial charge in [-0.15, -0.1) is 0 Å². The molecule has 0 aromatic rings. The Kier molecular flexibility index (Phi) is 6.50. The van der Waals surface area contributed by atoms with Gasteiger partial charge < -0.3 is 9.64 Å². The van der Waals surface area contributed by atoms with Crippen LogP contribution in [0.4, 0.5) is 0 Å². The number of amides is 1. The smallest absolute Gasteiger partial charge is 0.248 e. The van der Waals surface area contributed by atoms with Gasteiger partial charge in [0.05, 0.1) is 6.10 Å². The molecule has 0 aromatic carbocycles. The monoisotopic (exact) mass is 264 g/mol. The molecule has 0 radical (unpaired) electrons. The quantitative estimate of drug-likeness (QED) is 0.691. The van der Waals surface area contributed by atoms with E-state index in [9.17, 15) is 4.79 Å². The van der Waals surface area contributed by atoms with Gasteiger partial charge in [-0.1, -0.05) is 13.2 Å². The van der Waals surface area contributed by atoms with Crippen LogP contribution in [0.1, 0.15) is 26.7 Å². The SMILES string of the molecule is C=CN=C(C=C)C1CCCN(C(=O)COC(C)C)C1. The van der Waals surface area contributed by atoms with Gasteiger partial charge in [-0.25, -0.2) is 0 Å². The van der Waals surface area contributed by atoms with Crippen molar-refractivity contribution in [1.82, 2.24) is 4.90 Å². The van der Waals surface area contributed by atoms with Crippen LogP contribution >= 0.6 is 0 Å². The minimum atomic E-state index is 0.0559. The number of nitrogens with zero attached hydrogens (tertiary/aromatic N) is 2. The Balaban J connectivity index is 2.58. The van der Waals surface area contributed by atoms with Crippen LogP contribution in [0.3, 0.4) is 0 Å². The summed E-state index contributed by atoms with van der Waals surface area (Å²) < 4.78 is 5.37. The van der Waals surface area contributed by atoms with E-state index in [-0.39, 0.29) is 24.5 Å². The Bertz CT molecular complexity index is 361. The highest BCUT2D eigenvalue weighted by atomic mass is 16.5. The lowest BCUT2D eigenvalue weighted by atomic mass is 9.93. The van der Waals surface area contributed by atoms with Crippen LogP contribution in [-0.4, -0.2) is 42.3 Å². The Morgan fingerprint density at radius 2 is 2.26 bits per heavy atom. The molecule has 0 aromatic heterocycles. The Hall–Kier alpha value is -1.42. The second-order valence-corrected chi connectivity index (χ2v) is 4.98. The number of rotatable bonds is 6. The molecular formula is C15H24N2O2. The van der Waals surface area contributed by atoms with Crippen LogP contribution in [0.25, 0.3) is 0 Å². The molecule has 0 saturated carbocycles. The molecule has 1 unspecified atom stereocenters. The van der Waals surface area contributed by atoms with E-state index in [1.165, 1.54) is 6.20 Å². The lowest BCUT2D eigenvalue weighted by molar-refractivity contribution is -0.138. The highest BCUT2D eigenvalue weighted by molar-refractivity contribution is 5.97. The van der Waals surface area contributed by atoms with Crippen molar-refractivity contribution >= 4 is 11.6 Å². The standard InChI is InChI=1S/C15H24N2O2/c1-5-14(16-6-2)13-8-7-9-17(10-13)15(18)11-19-12(3)4/h5-6,12-13H,1-2,7-11H2,3-4H3. The lowest BCUT2D eigenvalue weighted by Crippen LogP contribution is -2.43. The number of carbonyl (C=O) groups excluding carboxylic acids is 1. The fourth-order valence-corrected chi connectivity index (χ4v) is 2.20. The van der Waals surface area contributed by atoms with Crippen molar-refractivity contribution in [2.75, 3.05) is 19.7 Å². The van der Waals surface area contributed by atoms with Crippen molar-refractivity contribution in [3.8, 4) is 0 Å². The second-order valence-electron chi connectivity index (χ2n) is 4.98. The van der Waals surface area contributed by atoms with Gasteiger partial charge in [0.1, 0.15) is 6.61 Å². The maximum atomic E-state index is 12.0. The topological polar surface area (TPSA) is 41.9 Å². The van der Waals surface area contributed by atoms with E-state index in [2.05, 4.69) is 18.2 Å². The van der Waals surface area contributed by atoms with Gasteiger partial charge in [-0.05, 0) is 32.8 Å². The van der Waals surface area contributed by atoms with Crippen molar-refractivity contribution in [2.24, 2.45) is 10.9 Å². The van der Waals surface area contributed by atoms with Gasteiger partial charge in [0.2, 0.25) is 5.91 Å². The third-order valence-corrected chi connectivity index (χ3v) is 3.18. The maximum Gasteiger partial charge on any atom is 0.248 e. The van der Waals surface area contributed by atoms with Crippen molar-refractivity contribution in [3.63, 3.8) is 0 Å². The lowest BCUT2D eigenvalue weighted by Gasteiger charge is -2.33. The summed E-state index contributed by atoms with van der Waals surface area (Å²) in [6, 6.07) is 0. The maximum absolute atomic E-state index is 12.0. The van der Waals surface area contributed by atoms with E-state index in [0.29, 0.717) is 6.54 Å². The number of piperidine rings is 1. The van der Waals surface area contributed by atoms with E-state index >= 15 is 0 Å². The molecule has 0 bridgehead atoms. The Labute approximate surface area is 115 Å². The highest BCUT2D eigenvalue weighted by Gasteiger charge is 2.25. The van der Waals surface area contributed by atoms with Crippen molar-refractivity contribution in [1.29, 1.82) is 0 Å². The number of ether oxygens (including phenoxy) is 1. The summed E-state index contributed by atoms with van der Waals surface area (Å²) in [5.41, 5.74) is 0.914. The van der Waals surface area contributed by atoms with E-state index in [1.807, 2.05) is 18.7 Å². The Morgan fingerprint density at radius 1 is 1.53 bits per heavy atom. The molecule has 1 heterocycles. The summed E-state index contributed by atoms with van der Waals surface area (Å²) in [7, 11) is 0. The van der Waals surface area contributed by atoms with E-state index in [4.69, 9.17) is 4.74 Å².